The highest BCUT2D eigenvalue weighted by molar-refractivity contribution is 5.67. The summed E-state index contributed by atoms with van der Waals surface area (Å²) in [5.74, 6) is 2.20. The molecule has 0 aliphatic rings. The van der Waals surface area contributed by atoms with E-state index in [0.717, 1.165) is 11.3 Å². The Kier molecular flexibility index (Phi) is 6.16. The predicted octanol–water partition coefficient (Wildman–Crippen LogP) is 4.68. The minimum atomic E-state index is -0.900. The van der Waals surface area contributed by atoms with Crippen molar-refractivity contribution in [2.45, 2.75) is 39.9 Å². The standard InChI is InChI=1S/C21H23NO6/c1-4-25-19(11-20(23)24)15-6-8-16(9-7-15)26-12-17-14(3)28-21(22-17)18-10-5-13(2)27-18/h5-10,19H,4,11-12H2,1-3H3,(H,23,24). The second kappa shape index (κ2) is 8.75. The van der Waals surface area contributed by atoms with E-state index in [4.69, 9.17) is 23.4 Å². The van der Waals surface area contributed by atoms with Crippen LogP contribution >= 0.6 is 0 Å². The molecule has 148 valence electrons. The monoisotopic (exact) mass is 385 g/mol. The Hall–Kier alpha value is -3.06. The lowest BCUT2D eigenvalue weighted by Gasteiger charge is -2.15. The van der Waals surface area contributed by atoms with E-state index in [-0.39, 0.29) is 13.0 Å². The van der Waals surface area contributed by atoms with Gasteiger partial charge in [0.05, 0.1) is 12.5 Å². The molecule has 0 amide bonds. The molecule has 1 unspecified atom stereocenters. The second-order valence-electron chi connectivity index (χ2n) is 6.33. The Morgan fingerprint density at radius 1 is 1.14 bits per heavy atom. The van der Waals surface area contributed by atoms with Crippen LogP contribution in [0.4, 0.5) is 0 Å². The van der Waals surface area contributed by atoms with Crippen molar-refractivity contribution in [1.82, 2.24) is 4.98 Å². The van der Waals surface area contributed by atoms with Crippen molar-refractivity contribution in [1.29, 1.82) is 0 Å². The van der Waals surface area contributed by atoms with Crippen LogP contribution in [0, 0.1) is 13.8 Å². The highest BCUT2D eigenvalue weighted by atomic mass is 16.5. The number of nitrogens with zero attached hydrogens (tertiary/aromatic N) is 1. The van der Waals surface area contributed by atoms with Gasteiger partial charge < -0.3 is 23.4 Å². The zero-order valence-electron chi connectivity index (χ0n) is 16.1. The number of rotatable bonds is 9. The van der Waals surface area contributed by atoms with E-state index in [1.54, 1.807) is 12.1 Å². The number of benzene rings is 1. The van der Waals surface area contributed by atoms with Gasteiger partial charge in [0.15, 0.2) is 5.76 Å². The minimum Gasteiger partial charge on any atom is -0.487 e. The van der Waals surface area contributed by atoms with Crippen LogP contribution in [0.15, 0.2) is 45.2 Å². The molecule has 1 aromatic carbocycles. The molecule has 3 aromatic rings. The molecule has 1 N–H and O–H groups in total. The third-order valence-corrected chi connectivity index (χ3v) is 4.20. The summed E-state index contributed by atoms with van der Waals surface area (Å²) < 4.78 is 22.5. The van der Waals surface area contributed by atoms with Crippen molar-refractivity contribution < 1.29 is 28.2 Å². The van der Waals surface area contributed by atoms with E-state index in [9.17, 15) is 4.79 Å². The van der Waals surface area contributed by atoms with Crippen LogP contribution in [0.25, 0.3) is 11.7 Å². The summed E-state index contributed by atoms with van der Waals surface area (Å²) in [6.07, 6.45) is -0.560. The van der Waals surface area contributed by atoms with Gasteiger partial charge in [-0.05, 0) is 50.6 Å². The molecule has 0 aliphatic carbocycles. The summed E-state index contributed by atoms with van der Waals surface area (Å²) in [5, 5.41) is 9.02. The van der Waals surface area contributed by atoms with Crippen molar-refractivity contribution in [3.8, 4) is 17.4 Å². The van der Waals surface area contributed by atoms with Gasteiger partial charge in [0.25, 0.3) is 5.89 Å². The number of aryl methyl sites for hydroxylation is 2. The second-order valence-corrected chi connectivity index (χ2v) is 6.33. The molecule has 7 heteroatoms. The van der Waals surface area contributed by atoms with Gasteiger partial charge in [-0.2, -0.15) is 0 Å². The van der Waals surface area contributed by atoms with Crippen LogP contribution in [0.5, 0.6) is 5.75 Å². The molecular weight excluding hydrogens is 362 g/mol. The maximum atomic E-state index is 11.0. The summed E-state index contributed by atoms with van der Waals surface area (Å²) in [6, 6.07) is 10.9. The number of hydrogen-bond acceptors (Lipinski definition) is 6. The Bertz CT molecular complexity index is 925. The zero-order valence-corrected chi connectivity index (χ0v) is 16.1. The van der Waals surface area contributed by atoms with Crippen molar-refractivity contribution in [3.05, 3.63) is 59.2 Å². The normalized spacial score (nSPS) is 12.1. The molecule has 0 fully saturated rings. The summed E-state index contributed by atoms with van der Waals surface area (Å²) in [5.41, 5.74) is 1.48. The third-order valence-electron chi connectivity index (χ3n) is 4.20. The van der Waals surface area contributed by atoms with E-state index in [0.29, 0.717) is 35.5 Å². The molecular formula is C21H23NO6. The molecule has 0 radical (unpaired) electrons. The van der Waals surface area contributed by atoms with Crippen LogP contribution in [-0.4, -0.2) is 22.7 Å². The molecule has 2 heterocycles. The van der Waals surface area contributed by atoms with Gasteiger partial charge >= 0.3 is 5.97 Å². The van der Waals surface area contributed by atoms with Crippen molar-refractivity contribution in [2.24, 2.45) is 0 Å². The number of ether oxygens (including phenoxy) is 2. The molecule has 7 nitrogen and oxygen atoms in total. The largest absolute Gasteiger partial charge is 0.487 e. The topological polar surface area (TPSA) is 94.9 Å². The first-order valence-corrected chi connectivity index (χ1v) is 9.05. The minimum absolute atomic E-state index is 0.0821. The van der Waals surface area contributed by atoms with E-state index >= 15 is 0 Å². The maximum Gasteiger partial charge on any atom is 0.306 e. The molecule has 2 aromatic heterocycles. The Balaban J connectivity index is 1.65. The average Bonchev–Trinajstić information content (AvgIpc) is 3.25. The van der Waals surface area contributed by atoms with Gasteiger partial charge in [-0.25, -0.2) is 4.98 Å². The van der Waals surface area contributed by atoms with Crippen LogP contribution in [-0.2, 0) is 16.1 Å². The average molecular weight is 385 g/mol. The number of carbonyl (C=O) groups is 1. The van der Waals surface area contributed by atoms with Crippen molar-refractivity contribution in [2.75, 3.05) is 6.61 Å². The fourth-order valence-corrected chi connectivity index (χ4v) is 2.78. The SMILES string of the molecule is CCOC(CC(=O)O)c1ccc(OCc2nc(-c3ccc(C)o3)oc2C)cc1. The third kappa shape index (κ3) is 4.80. The molecule has 3 rings (SSSR count). The highest BCUT2D eigenvalue weighted by Gasteiger charge is 2.17. The van der Waals surface area contributed by atoms with E-state index in [1.807, 2.05) is 45.0 Å². The molecule has 0 spiro atoms. The molecule has 28 heavy (non-hydrogen) atoms. The number of aromatic nitrogens is 1. The first-order chi connectivity index (χ1) is 13.5. The fourth-order valence-electron chi connectivity index (χ4n) is 2.78. The zero-order chi connectivity index (χ0) is 20.1. The van der Waals surface area contributed by atoms with E-state index < -0.39 is 12.1 Å². The molecule has 0 bridgehead atoms. The number of furan rings is 1. The van der Waals surface area contributed by atoms with Crippen molar-refractivity contribution >= 4 is 5.97 Å². The van der Waals surface area contributed by atoms with Gasteiger partial charge in [-0.3, -0.25) is 4.79 Å². The Labute approximate surface area is 162 Å². The predicted molar refractivity (Wildman–Crippen MR) is 101 cm³/mol. The van der Waals surface area contributed by atoms with E-state index in [1.165, 1.54) is 0 Å². The number of oxazole rings is 1. The fraction of sp³-hybridized carbons (Fsp3) is 0.333. The molecule has 0 aliphatic heterocycles. The number of carboxylic acid groups (broad SMARTS) is 1. The van der Waals surface area contributed by atoms with Gasteiger partial charge in [0.1, 0.15) is 29.6 Å². The summed E-state index contributed by atoms with van der Waals surface area (Å²) in [4.78, 5) is 15.4. The molecule has 0 saturated carbocycles. The molecule has 0 saturated heterocycles. The summed E-state index contributed by atoms with van der Waals surface area (Å²) >= 11 is 0. The van der Waals surface area contributed by atoms with Crippen LogP contribution < -0.4 is 4.74 Å². The van der Waals surface area contributed by atoms with Crippen molar-refractivity contribution in [3.63, 3.8) is 0 Å². The first-order valence-electron chi connectivity index (χ1n) is 9.05. The Morgan fingerprint density at radius 3 is 2.50 bits per heavy atom. The van der Waals surface area contributed by atoms with E-state index in [2.05, 4.69) is 4.98 Å². The lowest BCUT2D eigenvalue weighted by Crippen LogP contribution is -2.10. The molecule has 1 atom stereocenters. The first kappa shape index (κ1) is 19.7. The number of carboxylic acids is 1. The maximum absolute atomic E-state index is 11.0. The van der Waals surface area contributed by atoms with Crippen LogP contribution in [0.3, 0.4) is 0 Å². The lowest BCUT2D eigenvalue weighted by atomic mass is 10.1. The van der Waals surface area contributed by atoms with Crippen LogP contribution in [0.1, 0.15) is 42.2 Å². The summed E-state index contributed by atoms with van der Waals surface area (Å²) in [7, 11) is 0. The quantitative estimate of drug-likeness (QED) is 0.571. The smallest absolute Gasteiger partial charge is 0.306 e. The van der Waals surface area contributed by atoms with Crippen LogP contribution in [0.2, 0.25) is 0 Å². The Morgan fingerprint density at radius 2 is 1.89 bits per heavy atom. The lowest BCUT2D eigenvalue weighted by molar-refractivity contribution is -0.140. The number of hydrogen-bond donors (Lipinski definition) is 1. The van der Waals surface area contributed by atoms with Gasteiger partial charge in [0.2, 0.25) is 0 Å². The van der Waals surface area contributed by atoms with Gasteiger partial charge in [-0.1, -0.05) is 12.1 Å². The number of aliphatic carboxylic acids is 1. The summed E-state index contributed by atoms with van der Waals surface area (Å²) in [6.45, 7) is 6.22. The van der Waals surface area contributed by atoms with Gasteiger partial charge in [-0.15, -0.1) is 0 Å². The highest BCUT2D eigenvalue weighted by Crippen LogP contribution is 2.26. The van der Waals surface area contributed by atoms with Gasteiger partial charge in [0, 0.05) is 6.61 Å².